The van der Waals surface area contributed by atoms with Crippen LogP contribution >= 0.6 is 34.4 Å². The van der Waals surface area contributed by atoms with Gasteiger partial charge in [0, 0.05) is 17.2 Å². The summed E-state index contributed by atoms with van der Waals surface area (Å²) in [5.74, 6) is 0.965. The number of aromatic nitrogens is 1. The molecule has 1 amide bonds. The van der Waals surface area contributed by atoms with Gasteiger partial charge in [0.05, 0.1) is 15.8 Å². The number of rotatable bonds is 6. The summed E-state index contributed by atoms with van der Waals surface area (Å²) >= 11 is 5.06. The predicted octanol–water partition coefficient (Wildman–Crippen LogP) is 4.55. The molecule has 118 valence electrons. The molecule has 0 saturated heterocycles. The molecule has 3 rings (SSSR count). The molecule has 1 unspecified atom stereocenters. The van der Waals surface area contributed by atoms with Gasteiger partial charge in [-0.3, -0.25) is 4.79 Å². The van der Waals surface area contributed by atoms with E-state index < -0.39 is 0 Å². The molecule has 1 atom stereocenters. The van der Waals surface area contributed by atoms with E-state index in [1.807, 2.05) is 13.0 Å². The zero-order chi connectivity index (χ0) is 15.4. The minimum Gasteiger partial charge on any atom is -0.352 e. The minimum atomic E-state index is -0.0208. The van der Waals surface area contributed by atoms with Crippen molar-refractivity contribution in [3.8, 4) is 9.88 Å². The zero-order valence-corrected chi connectivity index (χ0v) is 15.0. The fourth-order valence-electron chi connectivity index (χ4n) is 2.56. The molecule has 1 saturated carbocycles. The van der Waals surface area contributed by atoms with Crippen LogP contribution in [0.4, 0.5) is 0 Å². The molecule has 0 aliphatic heterocycles. The molecule has 1 fully saturated rings. The highest BCUT2D eigenvalue weighted by Crippen LogP contribution is 2.29. The van der Waals surface area contributed by atoms with E-state index in [2.05, 4.69) is 27.1 Å². The number of nitrogens with zero attached hydrogens (tertiary/aromatic N) is 1. The maximum Gasteiger partial charge on any atom is 0.233 e. The standard InChI is InChI=1S/C16H20N2OS3/c1-11(15(19)17-12-5-2-3-6-12)21-9-13-10-22-16(18-13)14-7-4-8-20-14/h4,7-8,10-12H,2-3,5-6,9H2,1H3,(H,17,19). The van der Waals surface area contributed by atoms with Gasteiger partial charge in [-0.15, -0.1) is 34.4 Å². The molecule has 6 heteroatoms. The Labute approximate surface area is 143 Å². The Morgan fingerprint density at radius 2 is 2.27 bits per heavy atom. The Hall–Kier alpha value is -0.850. The van der Waals surface area contributed by atoms with Crippen LogP contribution in [-0.2, 0) is 10.5 Å². The van der Waals surface area contributed by atoms with Crippen molar-refractivity contribution in [2.45, 2.75) is 49.7 Å². The summed E-state index contributed by atoms with van der Waals surface area (Å²) in [4.78, 5) is 18.0. The van der Waals surface area contributed by atoms with Crippen LogP contribution in [0.3, 0.4) is 0 Å². The van der Waals surface area contributed by atoms with Gasteiger partial charge < -0.3 is 5.32 Å². The lowest BCUT2D eigenvalue weighted by Crippen LogP contribution is -2.37. The number of hydrogen-bond acceptors (Lipinski definition) is 5. The number of thiophene rings is 1. The third-order valence-corrected chi connectivity index (χ3v) is 6.94. The molecule has 0 radical (unpaired) electrons. The molecule has 22 heavy (non-hydrogen) atoms. The summed E-state index contributed by atoms with van der Waals surface area (Å²) in [7, 11) is 0. The Morgan fingerprint density at radius 3 is 3.00 bits per heavy atom. The highest BCUT2D eigenvalue weighted by Gasteiger charge is 2.21. The molecule has 3 nitrogen and oxygen atoms in total. The van der Waals surface area contributed by atoms with E-state index in [9.17, 15) is 4.79 Å². The lowest BCUT2D eigenvalue weighted by atomic mass is 10.2. The molecular weight excluding hydrogens is 332 g/mol. The van der Waals surface area contributed by atoms with Crippen molar-refractivity contribution in [2.24, 2.45) is 0 Å². The summed E-state index contributed by atoms with van der Waals surface area (Å²) in [5, 5.41) is 8.39. The van der Waals surface area contributed by atoms with Gasteiger partial charge in [0.25, 0.3) is 0 Å². The summed E-state index contributed by atoms with van der Waals surface area (Å²) in [6.07, 6.45) is 4.77. The highest BCUT2D eigenvalue weighted by atomic mass is 32.2. The van der Waals surface area contributed by atoms with Gasteiger partial charge in [0.2, 0.25) is 5.91 Å². The van der Waals surface area contributed by atoms with Crippen molar-refractivity contribution < 1.29 is 4.79 Å². The third kappa shape index (κ3) is 4.12. The molecular formula is C16H20N2OS3. The second-order valence-corrected chi connectivity index (χ2v) is 8.70. The van der Waals surface area contributed by atoms with Gasteiger partial charge in [-0.25, -0.2) is 4.98 Å². The van der Waals surface area contributed by atoms with Crippen LogP contribution in [0.1, 0.15) is 38.3 Å². The largest absolute Gasteiger partial charge is 0.352 e. The lowest BCUT2D eigenvalue weighted by molar-refractivity contribution is -0.120. The van der Waals surface area contributed by atoms with Crippen LogP contribution in [-0.4, -0.2) is 22.2 Å². The van der Waals surface area contributed by atoms with E-state index in [1.165, 1.54) is 17.7 Å². The average molecular weight is 353 g/mol. The van der Waals surface area contributed by atoms with E-state index in [-0.39, 0.29) is 11.2 Å². The Bertz CT molecular complexity index is 603. The van der Waals surface area contributed by atoms with Crippen molar-refractivity contribution in [1.82, 2.24) is 10.3 Å². The number of hydrogen-bond donors (Lipinski definition) is 1. The van der Waals surface area contributed by atoms with E-state index in [0.717, 1.165) is 29.3 Å². The third-order valence-electron chi connectivity index (χ3n) is 3.84. The van der Waals surface area contributed by atoms with Crippen molar-refractivity contribution >= 4 is 40.3 Å². The van der Waals surface area contributed by atoms with Crippen molar-refractivity contribution in [3.05, 3.63) is 28.6 Å². The molecule has 1 aliphatic rings. The Balaban J connectivity index is 1.48. The zero-order valence-electron chi connectivity index (χ0n) is 12.6. The predicted molar refractivity (Wildman–Crippen MR) is 96.6 cm³/mol. The first kappa shape index (κ1) is 16.0. The fraction of sp³-hybridized carbons (Fsp3) is 0.500. The molecule has 0 bridgehead atoms. The Morgan fingerprint density at radius 1 is 1.45 bits per heavy atom. The first-order valence-electron chi connectivity index (χ1n) is 7.62. The SMILES string of the molecule is CC(SCc1csc(-c2cccs2)n1)C(=O)NC1CCCC1. The summed E-state index contributed by atoms with van der Waals surface area (Å²) in [5.41, 5.74) is 1.07. The quantitative estimate of drug-likeness (QED) is 0.829. The number of carbonyl (C=O) groups is 1. The second-order valence-electron chi connectivity index (χ2n) is 5.56. The normalized spacial score (nSPS) is 16.8. The van der Waals surface area contributed by atoms with E-state index in [4.69, 9.17) is 0 Å². The summed E-state index contributed by atoms with van der Waals surface area (Å²) < 4.78 is 0. The van der Waals surface area contributed by atoms with Crippen LogP contribution in [0.5, 0.6) is 0 Å². The number of thiazole rings is 1. The molecule has 0 aromatic carbocycles. The van der Waals surface area contributed by atoms with Crippen LogP contribution in [0, 0.1) is 0 Å². The van der Waals surface area contributed by atoms with Crippen LogP contribution in [0.15, 0.2) is 22.9 Å². The van der Waals surface area contributed by atoms with Gasteiger partial charge in [-0.1, -0.05) is 18.9 Å². The van der Waals surface area contributed by atoms with E-state index >= 15 is 0 Å². The molecule has 0 spiro atoms. The van der Waals surface area contributed by atoms with Gasteiger partial charge >= 0.3 is 0 Å². The number of carbonyl (C=O) groups excluding carboxylic acids is 1. The summed E-state index contributed by atoms with van der Waals surface area (Å²) in [6, 6.07) is 4.55. The molecule has 1 aliphatic carbocycles. The van der Waals surface area contributed by atoms with Crippen molar-refractivity contribution in [1.29, 1.82) is 0 Å². The van der Waals surface area contributed by atoms with Gasteiger partial charge in [0.1, 0.15) is 5.01 Å². The number of thioether (sulfide) groups is 1. The highest BCUT2D eigenvalue weighted by molar-refractivity contribution is 7.99. The second kappa shape index (κ2) is 7.62. The topological polar surface area (TPSA) is 42.0 Å². The fourth-order valence-corrected chi connectivity index (χ4v) is 5.09. The first-order valence-corrected chi connectivity index (χ1v) is 10.4. The van der Waals surface area contributed by atoms with Crippen LogP contribution in [0.25, 0.3) is 9.88 Å². The smallest absolute Gasteiger partial charge is 0.233 e. The number of nitrogens with one attached hydrogen (secondary N) is 1. The van der Waals surface area contributed by atoms with Crippen molar-refractivity contribution in [2.75, 3.05) is 0 Å². The Kier molecular flexibility index (Phi) is 5.55. The minimum absolute atomic E-state index is 0.0208. The molecule has 2 heterocycles. The van der Waals surface area contributed by atoms with Crippen LogP contribution in [0.2, 0.25) is 0 Å². The van der Waals surface area contributed by atoms with Gasteiger partial charge in [0.15, 0.2) is 0 Å². The lowest BCUT2D eigenvalue weighted by Gasteiger charge is -2.15. The van der Waals surface area contributed by atoms with Crippen molar-refractivity contribution in [3.63, 3.8) is 0 Å². The maximum atomic E-state index is 12.2. The van der Waals surface area contributed by atoms with E-state index in [1.54, 1.807) is 34.4 Å². The number of amides is 1. The molecule has 1 N–H and O–H groups in total. The average Bonchev–Trinajstić information content (AvgIpc) is 3.25. The summed E-state index contributed by atoms with van der Waals surface area (Å²) in [6.45, 7) is 1.99. The van der Waals surface area contributed by atoms with Crippen LogP contribution < -0.4 is 5.32 Å². The van der Waals surface area contributed by atoms with Gasteiger partial charge in [-0.05, 0) is 31.2 Å². The first-order chi connectivity index (χ1) is 10.7. The molecule has 2 aromatic heterocycles. The monoisotopic (exact) mass is 352 g/mol. The molecule has 2 aromatic rings. The van der Waals surface area contributed by atoms with Gasteiger partial charge in [-0.2, -0.15) is 0 Å². The van der Waals surface area contributed by atoms with E-state index in [0.29, 0.717) is 6.04 Å². The maximum absolute atomic E-state index is 12.2.